The van der Waals surface area contributed by atoms with Crippen LogP contribution in [0.5, 0.6) is 0 Å². The number of hydrogen-bond donors (Lipinski definition) is 1. The molecule has 1 aromatic rings. The highest BCUT2D eigenvalue weighted by molar-refractivity contribution is 9.10. The molecular formula is C16H18BrNO2. The molecule has 20 heavy (non-hydrogen) atoms. The molecule has 2 aliphatic rings. The Bertz CT molecular complexity index is 560. The van der Waals surface area contributed by atoms with Crippen LogP contribution in [0.2, 0.25) is 0 Å². The number of hydrogen-bond acceptors (Lipinski definition) is 3. The average Bonchev–Trinajstić information content (AvgIpc) is 2.48. The lowest BCUT2D eigenvalue weighted by Crippen LogP contribution is -2.53. The zero-order valence-electron chi connectivity index (χ0n) is 11.4. The first kappa shape index (κ1) is 14.1. The van der Waals surface area contributed by atoms with Gasteiger partial charge in [-0.15, -0.1) is 0 Å². The largest absolute Gasteiger partial charge is 0.388 e. The van der Waals surface area contributed by atoms with Crippen molar-refractivity contribution in [1.82, 2.24) is 0 Å². The van der Waals surface area contributed by atoms with Crippen molar-refractivity contribution in [3.8, 4) is 6.07 Å². The van der Waals surface area contributed by atoms with Gasteiger partial charge in [0.25, 0.3) is 0 Å². The zero-order valence-corrected chi connectivity index (χ0v) is 12.9. The molecule has 1 aliphatic heterocycles. The Hall–Kier alpha value is -0.890. The third kappa shape index (κ3) is 2.18. The summed E-state index contributed by atoms with van der Waals surface area (Å²) < 4.78 is 6.45. The van der Waals surface area contributed by atoms with Gasteiger partial charge in [-0.05, 0) is 48.9 Å². The summed E-state index contributed by atoms with van der Waals surface area (Å²) in [7, 11) is 0. The minimum absolute atomic E-state index is 0.572. The van der Waals surface area contributed by atoms with Gasteiger partial charge in [-0.2, -0.15) is 5.26 Å². The Morgan fingerprint density at radius 3 is 2.65 bits per heavy atom. The van der Waals surface area contributed by atoms with Gasteiger partial charge in [0, 0.05) is 24.1 Å². The Morgan fingerprint density at radius 1 is 1.20 bits per heavy atom. The van der Waals surface area contributed by atoms with Crippen LogP contribution in [-0.4, -0.2) is 23.9 Å². The van der Waals surface area contributed by atoms with Gasteiger partial charge in [-0.1, -0.05) is 22.0 Å². The number of nitriles is 1. The predicted molar refractivity (Wildman–Crippen MR) is 79.2 cm³/mol. The minimum atomic E-state index is -0.924. The molecule has 0 radical (unpaired) electrons. The molecule has 3 nitrogen and oxygen atoms in total. The first-order valence-electron chi connectivity index (χ1n) is 7.07. The van der Waals surface area contributed by atoms with E-state index in [1.165, 1.54) is 11.1 Å². The predicted octanol–water partition coefficient (Wildman–Crippen LogP) is 2.99. The van der Waals surface area contributed by atoms with E-state index in [0.717, 1.165) is 10.9 Å². The van der Waals surface area contributed by atoms with Crippen LogP contribution in [0.1, 0.15) is 30.4 Å². The molecule has 0 spiro atoms. The van der Waals surface area contributed by atoms with Crippen LogP contribution in [0.15, 0.2) is 22.7 Å². The normalized spacial score (nSPS) is 28.4. The van der Waals surface area contributed by atoms with Crippen LogP contribution in [0.4, 0.5) is 0 Å². The third-order valence-electron chi connectivity index (χ3n) is 4.91. The van der Waals surface area contributed by atoms with E-state index in [1.807, 2.05) is 6.07 Å². The van der Waals surface area contributed by atoms with Gasteiger partial charge in [0.05, 0.1) is 17.1 Å². The molecule has 1 saturated heterocycles. The van der Waals surface area contributed by atoms with E-state index >= 15 is 0 Å². The van der Waals surface area contributed by atoms with E-state index in [9.17, 15) is 10.4 Å². The minimum Gasteiger partial charge on any atom is -0.388 e. The zero-order chi connectivity index (χ0) is 14.2. The topological polar surface area (TPSA) is 53.2 Å². The van der Waals surface area contributed by atoms with Crippen molar-refractivity contribution in [3.05, 3.63) is 33.8 Å². The highest BCUT2D eigenvalue weighted by Gasteiger charge is 2.52. The van der Waals surface area contributed by atoms with E-state index in [0.29, 0.717) is 38.9 Å². The molecule has 0 bridgehead atoms. The highest BCUT2D eigenvalue weighted by atomic mass is 79.9. The maximum Gasteiger partial charge on any atom is 0.0907 e. The standard InChI is InChI=1S/C16H18BrNO2/c17-14-2-1-13-10-16(19,4-3-12(13)9-14)15(11-18)5-7-20-8-6-15/h1-2,9,19H,3-8,10H2. The summed E-state index contributed by atoms with van der Waals surface area (Å²) in [6.45, 7) is 1.14. The van der Waals surface area contributed by atoms with Gasteiger partial charge in [-0.3, -0.25) is 0 Å². The molecule has 106 valence electrons. The summed E-state index contributed by atoms with van der Waals surface area (Å²) in [4.78, 5) is 0. The summed E-state index contributed by atoms with van der Waals surface area (Å²) >= 11 is 3.49. The molecule has 0 saturated carbocycles. The molecular weight excluding hydrogens is 318 g/mol. The van der Waals surface area contributed by atoms with Crippen molar-refractivity contribution in [3.63, 3.8) is 0 Å². The number of aliphatic hydroxyl groups is 1. The van der Waals surface area contributed by atoms with E-state index < -0.39 is 11.0 Å². The summed E-state index contributed by atoms with van der Waals surface area (Å²) in [5, 5.41) is 20.9. The Kier molecular flexibility index (Phi) is 3.62. The van der Waals surface area contributed by atoms with Gasteiger partial charge >= 0.3 is 0 Å². The van der Waals surface area contributed by atoms with Crippen molar-refractivity contribution in [1.29, 1.82) is 5.26 Å². The highest BCUT2D eigenvalue weighted by Crippen LogP contribution is 2.47. The van der Waals surface area contributed by atoms with Crippen molar-refractivity contribution in [2.24, 2.45) is 5.41 Å². The second kappa shape index (κ2) is 5.14. The number of ether oxygens (including phenoxy) is 1. The molecule has 1 unspecified atom stereocenters. The number of fused-ring (bicyclic) bond motifs is 1. The summed E-state index contributed by atoms with van der Waals surface area (Å²) in [6, 6.07) is 8.62. The van der Waals surface area contributed by atoms with Crippen molar-refractivity contribution in [2.75, 3.05) is 13.2 Å². The summed E-state index contributed by atoms with van der Waals surface area (Å²) in [6.07, 6.45) is 3.32. The fraction of sp³-hybridized carbons (Fsp3) is 0.562. The fourth-order valence-electron chi connectivity index (χ4n) is 3.55. The second-order valence-electron chi connectivity index (χ2n) is 5.93. The molecule has 0 aromatic heterocycles. The van der Waals surface area contributed by atoms with Gasteiger partial charge in [-0.25, -0.2) is 0 Å². The van der Waals surface area contributed by atoms with Gasteiger partial charge in [0.2, 0.25) is 0 Å². The van der Waals surface area contributed by atoms with Gasteiger partial charge < -0.3 is 9.84 Å². The van der Waals surface area contributed by atoms with Crippen molar-refractivity contribution >= 4 is 15.9 Å². The smallest absolute Gasteiger partial charge is 0.0907 e. The fourth-order valence-corrected chi connectivity index (χ4v) is 3.96. The molecule has 1 aromatic carbocycles. The van der Waals surface area contributed by atoms with Gasteiger partial charge in [0.15, 0.2) is 0 Å². The van der Waals surface area contributed by atoms with Crippen LogP contribution in [0, 0.1) is 16.7 Å². The van der Waals surface area contributed by atoms with Crippen molar-refractivity contribution in [2.45, 2.75) is 37.7 Å². The third-order valence-corrected chi connectivity index (χ3v) is 5.40. The molecule has 3 rings (SSSR count). The molecule has 1 fully saturated rings. The van der Waals surface area contributed by atoms with E-state index in [2.05, 4.69) is 34.1 Å². The van der Waals surface area contributed by atoms with Crippen LogP contribution < -0.4 is 0 Å². The molecule has 1 heterocycles. The van der Waals surface area contributed by atoms with Crippen LogP contribution in [0.3, 0.4) is 0 Å². The Labute approximate surface area is 127 Å². The van der Waals surface area contributed by atoms with Gasteiger partial charge in [0.1, 0.15) is 0 Å². The van der Waals surface area contributed by atoms with Crippen molar-refractivity contribution < 1.29 is 9.84 Å². The number of benzene rings is 1. The first-order valence-corrected chi connectivity index (χ1v) is 7.87. The summed E-state index contributed by atoms with van der Waals surface area (Å²) in [5.41, 5.74) is 0.870. The lowest BCUT2D eigenvalue weighted by atomic mass is 9.61. The monoisotopic (exact) mass is 335 g/mol. The molecule has 4 heteroatoms. The van der Waals surface area contributed by atoms with E-state index in [4.69, 9.17) is 4.74 Å². The SMILES string of the molecule is N#CC1(C2(O)CCc3cc(Br)ccc3C2)CCOCC1. The van der Waals surface area contributed by atoms with Crippen LogP contribution >= 0.6 is 15.9 Å². The Morgan fingerprint density at radius 2 is 1.95 bits per heavy atom. The molecule has 0 amide bonds. The first-order chi connectivity index (χ1) is 9.59. The Balaban J connectivity index is 1.94. The number of halogens is 1. The molecule has 1 atom stereocenters. The second-order valence-corrected chi connectivity index (χ2v) is 6.84. The van der Waals surface area contributed by atoms with E-state index in [1.54, 1.807) is 0 Å². The lowest BCUT2D eigenvalue weighted by molar-refractivity contribution is -0.111. The number of aryl methyl sites for hydroxylation is 1. The summed E-state index contributed by atoms with van der Waals surface area (Å²) in [5.74, 6) is 0. The quantitative estimate of drug-likeness (QED) is 0.858. The lowest BCUT2D eigenvalue weighted by Gasteiger charge is -2.47. The maximum atomic E-state index is 11.2. The number of nitrogens with zero attached hydrogens (tertiary/aromatic N) is 1. The number of rotatable bonds is 1. The molecule has 1 aliphatic carbocycles. The maximum absolute atomic E-state index is 11.2. The van der Waals surface area contributed by atoms with E-state index in [-0.39, 0.29) is 0 Å². The average molecular weight is 336 g/mol. The van der Waals surface area contributed by atoms with Crippen LogP contribution in [0.25, 0.3) is 0 Å². The van der Waals surface area contributed by atoms with Crippen LogP contribution in [-0.2, 0) is 17.6 Å². The molecule has 1 N–H and O–H groups in total.